The average molecular weight is 439 g/mol. The molecule has 8 heteroatoms. The van der Waals surface area contributed by atoms with Gasteiger partial charge in [0.25, 0.3) is 10.0 Å². The minimum Gasteiger partial charge on any atom is -0.493 e. The molecule has 0 spiro atoms. The number of hydrogen-bond donors (Lipinski definition) is 1. The molecule has 2 atom stereocenters. The SMILES string of the molecule is COc1cc(NS(=O)(=O)c2ccccc2)cc2c1OC(c1ccc3c(c1)OCO3)C2C. The summed E-state index contributed by atoms with van der Waals surface area (Å²) in [6, 6.07) is 17.4. The molecule has 0 fully saturated rings. The molecule has 3 aromatic carbocycles. The highest BCUT2D eigenvalue weighted by molar-refractivity contribution is 7.92. The van der Waals surface area contributed by atoms with Crippen molar-refractivity contribution < 1.29 is 27.4 Å². The van der Waals surface area contributed by atoms with Crippen LogP contribution < -0.4 is 23.7 Å². The molecule has 7 nitrogen and oxygen atoms in total. The van der Waals surface area contributed by atoms with E-state index in [0.29, 0.717) is 28.7 Å². The van der Waals surface area contributed by atoms with Gasteiger partial charge in [-0.15, -0.1) is 0 Å². The van der Waals surface area contributed by atoms with E-state index in [0.717, 1.165) is 11.1 Å². The second-order valence-electron chi connectivity index (χ2n) is 7.46. The first-order chi connectivity index (χ1) is 15.0. The van der Waals surface area contributed by atoms with Gasteiger partial charge in [0.2, 0.25) is 6.79 Å². The molecule has 2 heterocycles. The van der Waals surface area contributed by atoms with Crippen molar-refractivity contribution in [2.45, 2.75) is 23.8 Å². The van der Waals surface area contributed by atoms with Crippen LogP contribution in [0.5, 0.6) is 23.0 Å². The number of rotatable bonds is 5. The molecule has 2 aliphatic heterocycles. The van der Waals surface area contributed by atoms with Gasteiger partial charge < -0.3 is 18.9 Å². The zero-order chi connectivity index (χ0) is 21.6. The maximum Gasteiger partial charge on any atom is 0.261 e. The van der Waals surface area contributed by atoms with Crippen LogP contribution in [-0.2, 0) is 10.0 Å². The molecular weight excluding hydrogens is 418 g/mol. The van der Waals surface area contributed by atoms with Crippen LogP contribution in [0.15, 0.2) is 65.6 Å². The van der Waals surface area contributed by atoms with E-state index in [1.165, 1.54) is 7.11 Å². The number of ether oxygens (including phenoxy) is 4. The Bertz CT molecular complexity index is 1240. The van der Waals surface area contributed by atoms with Crippen LogP contribution in [0.25, 0.3) is 0 Å². The Morgan fingerprint density at radius 1 is 1.00 bits per heavy atom. The second kappa shape index (κ2) is 7.39. The van der Waals surface area contributed by atoms with Gasteiger partial charge in [0.1, 0.15) is 6.10 Å². The molecule has 0 saturated heterocycles. The summed E-state index contributed by atoms with van der Waals surface area (Å²) in [5.74, 6) is 2.44. The van der Waals surface area contributed by atoms with Crippen molar-refractivity contribution in [3.05, 3.63) is 71.8 Å². The Morgan fingerprint density at radius 2 is 1.77 bits per heavy atom. The molecule has 3 aromatic rings. The number of methoxy groups -OCH3 is 1. The first-order valence-electron chi connectivity index (χ1n) is 9.82. The molecular formula is C23H21NO6S. The van der Waals surface area contributed by atoms with Gasteiger partial charge in [-0.05, 0) is 35.9 Å². The van der Waals surface area contributed by atoms with Crippen LogP contribution in [0.2, 0.25) is 0 Å². The maximum absolute atomic E-state index is 12.8. The summed E-state index contributed by atoms with van der Waals surface area (Å²) >= 11 is 0. The monoisotopic (exact) mass is 439 g/mol. The standard InChI is InChI=1S/C23H21NO6S/c1-14-18-11-16(24-31(25,26)17-6-4-3-5-7-17)12-21(27-2)23(18)30-22(14)15-8-9-19-20(10-15)29-13-28-19/h3-12,14,22,24H,13H2,1-2H3. The van der Waals surface area contributed by atoms with E-state index in [9.17, 15) is 8.42 Å². The number of anilines is 1. The lowest BCUT2D eigenvalue weighted by Gasteiger charge is -2.16. The third-order valence-electron chi connectivity index (χ3n) is 5.52. The predicted octanol–water partition coefficient (Wildman–Crippen LogP) is 4.46. The summed E-state index contributed by atoms with van der Waals surface area (Å²) < 4.78 is 50.8. The molecule has 2 aliphatic rings. The van der Waals surface area contributed by atoms with Crippen molar-refractivity contribution >= 4 is 15.7 Å². The first kappa shape index (κ1) is 19.6. The quantitative estimate of drug-likeness (QED) is 0.632. The first-order valence-corrected chi connectivity index (χ1v) is 11.3. The highest BCUT2D eigenvalue weighted by Crippen LogP contribution is 2.52. The number of nitrogens with one attached hydrogen (secondary N) is 1. The Morgan fingerprint density at radius 3 is 2.55 bits per heavy atom. The molecule has 0 aliphatic carbocycles. The molecule has 0 saturated carbocycles. The Balaban J connectivity index is 1.48. The van der Waals surface area contributed by atoms with Crippen molar-refractivity contribution in [3.63, 3.8) is 0 Å². The third kappa shape index (κ3) is 3.42. The molecule has 2 unspecified atom stereocenters. The van der Waals surface area contributed by atoms with Crippen LogP contribution in [0.4, 0.5) is 5.69 Å². The van der Waals surface area contributed by atoms with E-state index in [4.69, 9.17) is 18.9 Å². The van der Waals surface area contributed by atoms with Gasteiger partial charge in [-0.2, -0.15) is 0 Å². The summed E-state index contributed by atoms with van der Waals surface area (Å²) in [6.45, 7) is 2.24. The predicted molar refractivity (Wildman–Crippen MR) is 115 cm³/mol. The van der Waals surface area contributed by atoms with E-state index in [-0.39, 0.29) is 23.7 Å². The topological polar surface area (TPSA) is 83.1 Å². The number of sulfonamides is 1. The van der Waals surface area contributed by atoms with Crippen molar-refractivity contribution in [3.8, 4) is 23.0 Å². The molecule has 31 heavy (non-hydrogen) atoms. The van der Waals surface area contributed by atoms with Crippen LogP contribution in [0, 0.1) is 0 Å². The highest BCUT2D eigenvalue weighted by Gasteiger charge is 2.36. The van der Waals surface area contributed by atoms with Gasteiger partial charge in [0.05, 0.1) is 17.7 Å². The number of fused-ring (bicyclic) bond motifs is 2. The lowest BCUT2D eigenvalue weighted by atomic mass is 9.92. The van der Waals surface area contributed by atoms with E-state index in [2.05, 4.69) is 4.72 Å². The zero-order valence-corrected chi connectivity index (χ0v) is 17.8. The third-order valence-corrected chi connectivity index (χ3v) is 6.92. The minimum absolute atomic E-state index is 0.0366. The summed E-state index contributed by atoms with van der Waals surface area (Å²) in [5.41, 5.74) is 2.23. The lowest BCUT2D eigenvalue weighted by molar-refractivity contribution is 0.173. The normalized spacial score (nSPS) is 18.9. The number of benzene rings is 3. The van der Waals surface area contributed by atoms with Gasteiger partial charge in [-0.3, -0.25) is 4.72 Å². The molecule has 160 valence electrons. The van der Waals surface area contributed by atoms with Gasteiger partial charge in [-0.1, -0.05) is 31.2 Å². The summed E-state index contributed by atoms with van der Waals surface area (Å²) in [6.07, 6.45) is -0.264. The molecule has 0 bridgehead atoms. The average Bonchev–Trinajstić information content (AvgIpc) is 3.38. The Kier molecular flexibility index (Phi) is 4.66. The van der Waals surface area contributed by atoms with Gasteiger partial charge >= 0.3 is 0 Å². The van der Waals surface area contributed by atoms with Crippen molar-refractivity contribution in [1.29, 1.82) is 0 Å². The van der Waals surface area contributed by atoms with Crippen LogP contribution >= 0.6 is 0 Å². The van der Waals surface area contributed by atoms with E-state index in [1.54, 1.807) is 42.5 Å². The van der Waals surface area contributed by atoms with Gasteiger partial charge in [-0.25, -0.2) is 8.42 Å². The highest BCUT2D eigenvalue weighted by atomic mass is 32.2. The Hall–Kier alpha value is -3.39. The van der Waals surface area contributed by atoms with Crippen LogP contribution in [-0.4, -0.2) is 22.3 Å². The van der Waals surface area contributed by atoms with Crippen molar-refractivity contribution in [2.24, 2.45) is 0 Å². The zero-order valence-electron chi connectivity index (χ0n) is 17.0. The van der Waals surface area contributed by atoms with E-state index in [1.807, 2.05) is 25.1 Å². The summed E-state index contributed by atoms with van der Waals surface area (Å²) in [4.78, 5) is 0.192. The lowest BCUT2D eigenvalue weighted by Crippen LogP contribution is -2.13. The molecule has 0 amide bonds. The summed E-state index contributed by atoms with van der Waals surface area (Å²) in [5, 5.41) is 0. The fourth-order valence-corrected chi connectivity index (χ4v) is 5.01. The maximum atomic E-state index is 12.8. The van der Waals surface area contributed by atoms with E-state index < -0.39 is 10.0 Å². The smallest absolute Gasteiger partial charge is 0.261 e. The number of hydrogen-bond acceptors (Lipinski definition) is 6. The van der Waals surface area contributed by atoms with Gasteiger partial charge in [0.15, 0.2) is 23.0 Å². The Labute approximate surface area is 180 Å². The van der Waals surface area contributed by atoms with E-state index >= 15 is 0 Å². The van der Waals surface area contributed by atoms with Crippen molar-refractivity contribution in [1.82, 2.24) is 0 Å². The second-order valence-corrected chi connectivity index (χ2v) is 9.14. The van der Waals surface area contributed by atoms with Gasteiger partial charge in [0, 0.05) is 17.5 Å². The largest absolute Gasteiger partial charge is 0.493 e. The summed E-state index contributed by atoms with van der Waals surface area (Å²) in [7, 11) is -2.19. The van der Waals surface area contributed by atoms with Crippen molar-refractivity contribution in [2.75, 3.05) is 18.6 Å². The molecule has 1 N–H and O–H groups in total. The fourth-order valence-electron chi connectivity index (χ4n) is 3.95. The molecule has 5 rings (SSSR count). The molecule has 0 radical (unpaired) electrons. The fraction of sp³-hybridized carbons (Fsp3) is 0.217. The van der Waals surface area contributed by atoms with Crippen LogP contribution in [0.1, 0.15) is 30.1 Å². The minimum atomic E-state index is -3.72. The van der Waals surface area contributed by atoms with Crippen LogP contribution in [0.3, 0.4) is 0 Å². The molecule has 0 aromatic heterocycles.